The fourth-order valence-electron chi connectivity index (χ4n) is 3.03. The van der Waals surface area contributed by atoms with Gasteiger partial charge in [-0.3, -0.25) is 9.52 Å². The number of amides is 1. The molecule has 0 spiro atoms. The van der Waals surface area contributed by atoms with Crippen molar-refractivity contribution >= 4 is 21.6 Å². The summed E-state index contributed by atoms with van der Waals surface area (Å²) in [5.74, 6) is -0.686. The normalized spacial score (nSPS) is 12.4. The first-order chi connectivity index (χ1) is 16.3. The molecule has 0 bridgehead atoms. The van der Waals surface area contributed by atoms with Gasteiger partial charge in [0.25, 0.3) is 15.9 Å². The molecule has 0 unspecified atom stereocenters. The van der Waals surface area contributed by atoms with Gasteiger partial charge in [-0.25, -0.2) is 13.4 Å². The minimum Gasteiger partial charge on any atom is -0.352 e. The van der Waals surface area contributed by atoms with Crippen molar-refractivity contribution in [2.45, 2.75) is 30.2 Å². The van der Waals surface area contributed by atoms with Crippen LogP contribution in [0, 0.1) is 0 Å². The molecule has 0 aliphatic carbocycles. The highest BCUT2D eigenvalue weighted by Crippen LogP contribution is 2.37. The maximum Gasteiger partial charge on any atom is 0.416 e. The van der Waals surface area contributed by atoms with Crippen molar-refractivity contribution in [3.63, 3.8) is 0 Å². The summed E-state index contributed by atoms with van der Waals surface area (Å²) in [5.41, 5.74) is -4.04. The largest absolute Gasteiger partial charge is 0.416 e. The number of alkyl halides is 6. The predicted molar refractivity (Wildman–Crippen MR) is 113 cm³/mol. The summed E-state index contributed by atoms with van der Waals surface area (Å²) in [7, 11) is -4.93. The van der Waals surface area contributed by atoms with Crippen LogP contribution in [-0.2, 0) is 28.9 Å². The van der Waals surface area contributed by atoms with Crippen LogP contribution in [0.25, 0.3) is 0 Å². The summed E-state index contributed by atoms with van der Waals surface area (Å²) in [6, 6.07) is 5.20. The molecule has 0 saturated heterocycles. The van der Waals surface area contributed by atoms with Gasteiger partial charge in [0.15, 0.2) is 0 Å². The number of sulfonamides is 1. The van der Waals surface area contributed by atoms with Crippen molar-refractivity contribution in [2.24, 2.45) is 0 Å². The Morgan fingerprint density at radius 3 is 2.17 bits per heavy atom. The second-order valence-corrected chi connectivity index (χ2v) is 8.99. The number of halogens is 6. The SMILES string of the molecule is O=C(NCCCn1ccnc1)c1ccccc1NS(=O)(=O)c1cc(C(F)(F)F)cc(C(F)(F)F)c1. The van der Waals surface area contributed by atoms with Crippen LogP contribution in [0.4, 0.5) is 32.0 Å². The zero-order valence-corrected chi connectivity index (χ0v) is 18.5. The smallest absolute Gasteiger partial charge is 0.352 e. The maximum atomic E-state index is 13.1. The van der Waals surface area contributed by atoms with Crippen molar-refractivity contribution in [3.05, 3.63) is 77.9 Å². The molecule has 3 rings (SSSR count). The molecule has 0 fully saturated rings. The van der Waals surface area contributed by atoms with Crippen LogP contribution in [0.15, 0.2) is 66.1 Å². The van der Waals surface area contributed by atoms with Crippen LogP contribution in [0.1, 0.15) is 27.9 Å². The zero-order valence-electron chi connectivity index (χ0n) is 17.7. The van der Waals surface area contributed by atoms with Gasteiger partial charge in [-0.15, -0.1) is 0 Å². The molecule has 3 aromatic rings. The number of hydrogen-bond donors (Lipinski definition) is 2. The van der Waals surface area contributed by atoms with E-state index in [9.17, 15) is 39.6 Å². The summed E-state index contributed by atoms with van der Waals surface area (Å²) < 4.78 is 108. The van der Waals surface area contributed by atoms with Gasteiger partial charge in [0.2, 0.25) is 0 Å². The lowest BCUT2D eigenvalue weighted by Crippen LogP contribution is -2.27. The third kappa shape index (κ3) is 6.74. The van der Waals surface area contributed by atoms with Crippen LogP contribution in [-0.4, -0.2) is 30.4 Å². The molecule has 1 heterocycles. The number of aromatic nitrogens is 2. The van der Waals surface area contributed by atoms with E-state index in [0.717, 1.165) is 6.07 Å². The Bertz CT molecular complexity index is 1260. The Morgan fingerprint density at radius 2 is 1.60 bits per heavy atom. The average molecular weight is 520 g/mol. The van der Waals surface area contributed by atoms with Crippen LogP contribution < -0.4 is 10.0 Å². The van der Waals surface area contributed by atoms with Gasteiger partial charge in [-0.05, 0) is 36.8 Å². The number of para-hydroxylation sites is 1. The number of anilines is 1. The molecule has 1 aromatic heterocycles. The Balaban J connectivity index is 1.83. The van der Waals surface area contributed by atoms with E-state index >= 15 is 0 Å². The summed E-state index contributed by atoms with van der Waals surface area (Å²) >= 11 is 0. The Hall–Kier alpha value is -3.55. The molecule has 2 aromatic carbocycles. The highest BCUT2D eigenvalue weighted by Gasteiger charge is 2.38. The fraction of sp³-hybridized carbons (Fsp3) is 0.238. The molecule has 7 nitrogen and oxygen atoms in total. The van der Waals surface area contributed by atoms with Crippen molar-refractivity contribution in [2.75, 3.05) is 11.3 Å². The lowest BCUT2D eigenvalue weighted by molar-refractivity contribution is -0.143. The number of aryl methyl sites for hydroxylation is 1. The molecule has 0 saturated carbocycles. The molecule has 0 aliphatic heterocycles. The average Bonchev–Trinajstić information content (AvgIpc) is 3.29. The van der Waals surface area contributed by atoms with E-state index in [0.29, 0.717) is 13.0 Å². The van der Waals surface area contributed by atoms with Crippen molar-refractivity contribution in [1.82, 2.24) is 14.9 Å². The van der Waals surface area contributed by atoms with Gasteiger partial charge >= 0.3 is 12.4 Å². The fourth-order valence-corrected chi connectivity index (χ4v) is 4.18. The first-order valence-electron chi connectivity index (χ1n) is 9.92. The molecule has 0 radical (unpaired) electrons. The van der Waals surface area contributed by atoms with Crippen LogP contribution in [0.3, 0.4) is 0 Å². The molecular weight excluding hydrogens is 502 g/mol. The number of rotatable bonds is 8. The second-order valence-electron chi connectivity index (χ2n) is 7.30. The minimum absolute atomic E-state index is 0.0936. The first-order valence-corrected chi connectivity index (χ1v) is 11.4. The van der Waals surface area contributed by atoms with E-state index in [1.54, 1.807) is 23.3 Å². The molecule has 0 atom stereocenters. The standard InChI is InChI=1S/C21H18F6N4O3S/c22-20(23,24)14-10-15(21(25,26)27)12-16(11-14)35(33,34)30-18-5-2-1-4-17(18)19(32)29-6-3-8-31-9-7-28-13-31/h1-2,4-5,7,9-13,30H,3,6,8H2,(H,29,32). The van der Waals surface area contributed by atoms with E-state index in [2.05, 4.69) is 10.3 Å². The number of benzene rings is 2. The van der Waals surface area contributed by atoms with E-state index < -0.39 is 44.3 Å². The monoisotopic (exact) mass is 520 g/mol. The quantitative estimate of drug-likeness (QED) is 0.337. The van der Waals surface area contributed by atoms with Crippen LogP contribution >= 0.6 is 0 Å². The van der Waals surface area contributed by atoms with E-state index in [1.165, 1.54) is 18.2 Å². The van der Waals surface area contributed by atoms with Gasteiger partial charge < -0.3 is 9.88 Å². The highest BCUT2D eigenvalue weighted by atomic mass is 32.2. The number of nitrogens with zero attached hydrogens (tertiary/aromatic N) is 2. The number of carbonyl (C=O) groups is 1. The topological polar surface area (TPSA) is 93.1 Å². The summed E-state index contributed by atoms with van der Waals surface area (Å²) in [6.07, 6.45) is -5.03. The molecular formula is C21H18F6N4O3S. The molecule has 35 heavy (non-hydrogen) atoms. The van der Waals surface area contributed by atoms with Gasteiger partial charge in [0, 0.05) is 25.5 Å². The Morgan fingerprint density at radius 1 is 0.971 bits per heavy atom. The van der Waals surface area contributed by atoms with Crippen molar-refractivity contribution in [3.8, 4) is 0 Å². The summed E-state index contributed by atoms with van der Waals surface area (Å²) in [5, 5.41) is 2.58. The Labute approximate surface area is 195 Å². The number of imidazole rings is 1. The van der Waals surface area contributed by atoms with Crippen LogP contribution in [0.5, 0.6) is 0 Å². The molecule has 188 valence electrons. The number of nitrogens with one attached hydrogen (secondary N) is 2. The molecule has 2 N–H and O–H groups in total. The van der Waals surface area contributed by atoms with Gasteiger partial charge in [-0.1, -0.05) is 12.1 Å². The van der Waals surface area contributed by atoms with E-state index in [4.69, 9.17) is 0 Å². The lowest BCUT2D eigenvalue weighted by Gasteiger charge is -2.16. The Kier molecular flexibility index (Phi) is 7.43. The van der Waals surface area contributed by atoms with E-state index in [1.807, 2.05) is 4.72 Å². The van der Waals surface area contributed by atoms with Gasteiger partial charge in [0.05, 0.1) is 33.6 Å². The maximum absolute atomic E-state index is 13.1. The molecule has 1 amide bonds. The van der Waals surface area contributed by atoms with Gasteiger partial charge in [0.1, 0.15) is 0 Å². The zero-order chi connectivity index (χ0) is 25.9. The predicted octanol–water partition coefficient (Wildman–Crippen LogP) is 4.54. The van der Waals surface area contributed by atoms with E-state index in [-0.39, 0.29) is 36.0 Å². The van der Waals surface area contributed by atoms with Crippen molar-refractivity contribution < 1.29 is 39.6 Å². The summed E-state index contributed by atoms with van der Waals surface area (Å²) in [6.45, 7) is 0.756. The third-order valence-corrected chi connectivity index (χ3v) is 6.07. The molecule has 14 heteroatoms. The van der Waals surface area contributed by atoms with Gasteiger partial charge in [-0.2, -0.15) is 26.3 Å². The summed E-state index contributed by atoms with van der Waals surface area (Å²) in [4.78, 5) is 15.2. The molecule has 0 aliphatic rings. The first kappa shape index (κ1) is 26.1. The second kappa shape index (κ2) is 9.98. The van der Waals surface area contributed by atoms with Crippen molar-refractivity contribution in [1.29, 1.82) is 0 Å². The number of hydrogen-bond acceptors (Lipinski definition) is 4. The lowest BCUT2D eigenvalue weighted by atomic mass is 10.1. The highest BCUT2D eigenvalue weighted by molar-refractivity contribution is 7.92. The third-order valence-electron chi connectivity index (χ3n) is 4.73. The number of carbonyl (C=O) groups excluding carboxylic acids is 1. The minimum atomic E-state index is -5.22. The van der Waals surface area contributed by atoms with Crippen LogP contribution in [0.2, 0.25) is 0 Å².